The highest BCUT2D eigenvalue weighted by Crippen LogP contribution is 2.51. The normalized spacial score (nSPS) is 16.5. The van der Waals surface area contributed by atoms with Gasteiger partial charge >= 0.3 is 0 Å². The molecule has 10 nitrogen and oxygen atoms in total. The van der Waals surface area contributed by atoms with Crippen LogP contribution in [0.1, 0.15) is 42.3 Å². The summed E-state index contributed by atoms with van der Waals surface area (Å²) < 4.78 is 14.2. The summed E-state index contributed by atoms with van der Waals surface area (Å²) in [6, 6.07) is 51.1. The number of rotatable bonds is 12. The van der Waals surface area contributed by atoms with E-state index in [-0.39, 0.29) is 19.2 Å². The van der Waals surface area contributed by atoms with Gasteiger partial charge in [-0.25, -0.2) is 9.97 Å². The number of aromatic nitrogens is 6. The van der Waals surface area contributed by atoms with E-state index in [1.54, 1.807) is 10.9 Å². The lowest BCUT2D eigenvalue weighted by atomic mass is 9.96. The smallest absolute Gasteiger partial charge is 0.146 e. The molecule has 1 aliphatic heterocycles. The molecule has 5 aromatic carbocycles. The van der Waals surface area contributed by atoms with Gasteiger partial charge in [-0.05, 0) is 64.5 Å². The van der Waals surface area contributed by atoms with Crippen LogP contribution in [0.5, 0.6) is 0 Å². The number of aliphatic hydroxyl groups is 1. The number of nitrogens with one attached hydrogen (secondary N) is 2. The molecule has 11 rings (SSSR count). The van der Waals surface area contributed by atoms with Crippen LogP contribution in [-0.2, 0) is 24.4 Å². The molecule has 2 atom stereocenters. The van der Waals surface area contributed by atoms with Crippen LogP contribution in [-0.4, -0.2) is 53.2 Å². The number of nitrogens with zero attached hydrogens (tertiary/aromatic N) is 6. The molecule has 4 aromatic heterocycles. The fourth-order valence-corrected chi connectivity index (χ4v) is 10.1. The third-order valence-corrected chi connectivity index (χ3v) is 13.3. The van der Waals surface area contributed by atoms with Gasteiger partial charge in [0.25, 0.3) is 0 Å². The van der Waals surface area contributed by atoms with E-state index in [1.807, 2.05) is 24.5 Å². The summed E-state index contributed by atoms with van der Waals surface area (Å²) in [5, 5.41) is 31.0. The zero-order valence-electron chi connectivity index (χ0n) is 35.6. The van der Waals surface area contributed by atoms with Gasteiger partial charge in [-0.2, -0.15) is 0 Å². The Labute approximate surface area is 371 Å². The van der Waals surface area contributed by atoms with E-state index in [4.69, 9.17) is 14.7 Å². The molecule has 0 bridgehead atoms. The van der Waals surface area contributed by atoms with Gasteiger partial charge in [-0.15, -0.1) is 0 Å². The van der Waals surface area contributed by atoms with Crippen LogP contribution in [0.3, 0.4) is 0 Å². The van der Waals surface area contributed by atoms with Crippen molar-refractivity contribution in [3.63, 3.8) is 0 Å². The number of hydrogen-bond donors (Lipinski definition) is 3. The van der Waals surface area contributed by atoms with Gasteiger partial charge in [0.1, 0.15) is 22.3 Å². The van der Waals surface area contributed by atoms with E-state index < -0.39 is 0 Å². The molecule has 2 fully saturated rings. The van der Waals surface area contributed by atoms with Crippen molar-refractivity contribution in [1.82, 2.24) is 28.2 Å². The first-order valence-electron chi connectivity index (χ1n) is 22.4. The van der Waals surface area contributed by atoms with Crippen molar-refractivity contribution in [2.24, 2.45) is 5.92 Å². The van der Waals surface area contributed by atoms with Crippen molar-refractivity contribution in [3.05, 3.63) is 180 Å². The molecule has 318 valence electrons. The van der Waals surface area contributed by atoms with Crippen LogP contribution in [0, 0.1) is 16.7 Å². The monoisotopic (exact) mass is 842 g/mol. The Bertz CT molecular complexity index is 3240. The van der Waals surface area contributed by atoms with E-state index in [0.717, 1.165) is 98.2 Å². The lowest BCUT2D eigenvalue weighted by molar-refractivity contribution is 0.0682. The maximum Gasteiger partial charge on any atom is 0.146 e. The minimum atomic E-state index is -0.0853. The van der Waals surface area contributed by atoms with Crippen molar-refractivity contribution < 1.29 is 9.84 Å². The van der Waals surface area contributed by atoms with Crippen molar-refractivity contribution >= 4 is 22.1 Å². The second-order valence-electron chi connectivity index (χ2n) is 17.2. The van der Waals surface area contributed by atoms with Crippen molar-refractivity contribution in [3.8, 4) is 44.8 Å². The molecule has 1 aliphatic carbocycles. The highest BCUT2D eigenvalue weighted by atomic mass is 16.5. The molecule has 2 aliphatic rings. The Hall–Kier alpha value is -7.14. The molecule has 0 spiro atoms. The molecule has 1 saturated heterocycles. The molecule has 2 unspecified atom stereocenters. The molecule has 3 N–H and O–H groups in total. The molecule has 0 amide bonds. The summed E-state index contributed by atoms with van der Waals surface area (Å²) in [6.45, 7) is 2.92. The zero-order valence-corrected chi connectivity index (χ0v) is 35.6. The van der Waals surface area contributed by atoms with Gasteiger partial charge < -0.3 is 28.1 Å². The average molecular weight is 843 g/mol. The second kappa shape index (κ2) is 16.9. The summed E-state index contributed by atoms with van der Waals surface area (Å²) in [6.07, 6.45) is 6.33. The minimum Gasteiger partial charge on any atom is -0.395 e. The highest BCUT2D eigenvalue weighted by Gasteiger charge is 2.40. The molecular formula is C54H50N8O2. The average Bonchev–Trinajstić information content (AvgIpc) is 3.94. The molecule has 1 saturated carbocycles. The predicted octanol–water partition coefficient (Wildman–Crippen LogP) is 9.81. The summed E-state index contributed by atoms with van der Waals surface area (Å²) in [7, 11) is 0. The van der Waals surface area contributed by atoms with Gasteiger partial charge in [0, 0.05) is 50.0 Å². The van der Waals surface area contributed by atoms with Crippen LogP contribution < -0.4 is 11.0 Å². The zero-order chi connectivity index (χ0) is 43.1. The van der Waals surface area contributed by atoms with Crippen LogP contribution in [0.2, 0.25) is 0 Å². The first-order valence-corrected chi connectivity index (χ1v) is 22.4. The Morgan fingerprint density at radius 2 is 1.17 bits per heavy atom. The van der Waals surface area contributed by atoms with Crippen LogP contribution in [0.25, 0.3) is 66.8 Å². The van der Waals surface area contributed by atoms with Gasteiger partial charge in [0.15, 0.2) is 0 Å². The van der Waals surface area contributed by atoms with E-state index in [0.29, 0.717) is 42.6 Å². The number of aliphatic hydroxyl groups excluding tert-OH is 1. The van der Waals surface area contributed by atoms with E-state index in [9.17, 15) is 15.9 Å². The second-order valence-corrected chi connectivity index (χ2v) is 17.2. The maximum atomic E-state index is 9.99. The highest BCUT2D eigenvalue weighted by molar-refractivity contribution is 6.04. The first-order chi connectivity index (χ1) is 31.6. The molecule has 0 radical (unpaired) electrons. The molecule has 5 heterocycles. The summed E-state index contributed by atoms with van der Waals surface area (Å²) >= 11 is 0. The SMILES string of the molecule is N=c1c2c(-c3cccc(C4CC4Cn4c(-c5ccccc5)c(-c5ccccc5)c5c(=N)n(C6CCOCC6)cnc54)c3)c(-c3ccccc3)n(Cc3ccccc3)c2ncn1CCO. The Morgan fingerprint density at radius 1 is 0.609 bits per heavy atom. The van der Waals surface area contributed by atoms with Crippen molar-refractivity contribution in [2.75, 3.05) is 19.8 Å². The molecule has 64 heavy (non-hydrogen) atoms. The quantitative estimate of drug-likeness (QED) is 0.113. The van der Waals surface area contributed by atoms with E-state index >= 15 is 0 Å². The van der Waals surface area contributed by atoms with Gasteiger partial charge in [-0.1, -0.05) is 146 Å². The fourth-order valence-electron chi connectivity index (χ4n) is 10.1. The largest absolute Gasteiger partial charge is 0.395 e. The van der Waals surface area contributed by atoms with E-state index in [2.05, 4.69) is 141 Å². The predicted molar refractivity (Wildman–Crippen MR) is 251 cm³/mol. The van der Waals surface area contributed by atoms with Crippen molar-refractivity contribution in [2.45, 2.75) is 50.9 Å². The minimum absolute atomic E-state index is 0.0853. The molecule has 10 heteroatoms. The number of benzene rings is 5. The summed E-state index contributed by atoms with van der Waals surface area (Å²) in [5.41, 5.74) is 13.2. The molecule has 9 aromatic rings. The van der Waals surface area contributed by atoms with Crippen LogP contribution >= 0.6 is 0 Å². The first kappa shape index (κ1) is 39.7. The van der Waals surface area contributed by atoms with Gasteiger partial charge in [-0.3, -0.25) is 10.8 Å². The Balaban J connectivity index is 1.04. The summed E-state index contributed by atoms with van der Waals surface area (Å²) in [5.74, 6) is 0.641. The molecular weight excluding hydrogens is 793 g/mol. The number of hydrogen-bond acceptors (Lipinski definition) is 6. The third-order valence-electron chi connectivity index (χ3n) is 13.3. The lowest BCUT2D eigenvalue weighted by Gasteiger charge is -2.24. The standard InChI is InChI=1S/C54H50N8O2/c55-51-47-46(50(39-20-11-4-12-21-39)60(32-36-14-5-1-6-15-36)53(47)57-34-59(51)26-27-63)41-23-13-22-40(30-41)44-31-42(44)33-61-49(38-18-9-3-10-19-38)45(37-16-7-2-8-17-37)48-52(56)62(35-58-54(48)61)43-24-28-64-29-25-43/h1-23,30,34-35,42-44,55-56,63H,24-29,31-33H2. The Morgan fingerprint density at radius 3 is 1.84 bits per heavy atom. The Kier molecular flexibility index (Phi) is 10.5. The third kappa shape index (κ3) is 7.09. The van der Waals surface area contributed by atoms with Crippen LogP contribution in [0.4, 0.5) is 0 Å². The van der Waals surface area contributed by atoms with Gasteiger partial charge in [0.05, 0.1) is 41.4 Å². The summed E-state index contributed by atoms with van der Waals surface area (Å²) in [4.78, 5) is 10.2. The fraction of sp³-hybridized carbons (Fsp3) is 0.222. The van der Waals surface area contributed by atoms with Gasteiger partial charge in [0.2, 0.25) is 0 Å². The topological polar surface area (TPSA) is 123 Å². The van der Waals surface area contributed by atoms with E-state index in [1.165, 1.54) is 5.56 Å². The van der Waals surface area contributed by atoms with Crippen molar-refractivity contribution in [1.29, 1.82) is 10.8 Å². The lowest BCUT2D eigenvalue weighted by Crippen LogP contribution is -2.29. The number of ether oxygens (including phenoxy) is 1. The maximum absolute atomic E-state index is 9.99. The van der Waals surface area contributed by atoms with Crippen LogP contribution in [0.15, 0.2) is 158 Å². The number of fused-ring (bicyclic) bond motifs is 2.